The van der Waals surface area contributed by atoms with E-state index >= 15 is 0 Å². The van der Waals surface area contributed by atoms with Gasteiger partial charge >= 0.3 is 0 Å². The molecular formula is C19H30N8O2. The average molecular weight is 403 g/mol. The fraction of sp³-hybridized carbons (Fsp3) is 0.684. The van der Waals surface area contributed by atoms with Gasteiger partial charge < -0.3 is 10.0 Å². The number of anilines is 1. The molecule has 1 unspecified atom stereocenters. The number of piperazine rings is 1. The molecule has 3 aliphatic rings. The van der Waals surface area contributed by atoms with E-state index in [2.05, 4.69) is 30.2 Å². The zero-order valence-electron chi connectivity index (χ0n) is 17.1. The van der Waals surface area contributed by atoms with Crippen LogP contribution in [0.3, 0.4) is 0 Å². The van der Waals surface area contributed by atoms with Gasteiger partial charge in [0.1, 0.15) is 0 Å². The van der Waals surface area contributed by atoms with E-state index in [1.807, 2.05) is 6.07 Å². The molecule has 1 atom stereocenters. The Morgan fingerprint density at radius 2 is 1.72 bits per heavy atom. The molecule has 4 rings (SSSR count). The van der Waals surface area contributed by atoms with E-state index in [0.717, 1.165) is 57.8 Å². The maximum Gasteiger partial charge on any atom is 0.293 e. The van der Waals surface area contributed by atoms with Crippen LogP contribution in [0.1, 0.15) is 25.7 Å². The molecule has 0 aromatic carbocycles. The third kappa shape index (κ3) is 4.34. The molecule has 2 N–H and O–H groups in total. The van der Waals surface area contributed by atoms with Crippen LogP contribution in [0.25, 0.3) is 0 Å². The van der Waals surface area contributed by atoms with Gasteiger partial charge in [-0.2, -0.15) is 5.01 Å². The number of hydrogen-bond acceptors (Lipinski definition) is 8. The van der Waals surface area contributed by atoms with Gasteiger partial charge in [-0.1, -0.05) is 0 Å². The number of aliphatic imine (C=N–C) groups is 1. The molecule has 1 aliphatic carbocycles. The molecule has 29 heavy (non-hydrogen) atoms. The molecule has 2 saturated heterocycles. The summed E-state index contributed by atoms with van der Waals surface area (Å²) in [6.07, 6.45) is 6.73. The number of hydrogen-bond donors (Lipinski definition) is 2. The molecule has 1 saturated carbocycles. The molecule has 2 aliphatic heterocycles. The lowest BCUT2D eigenvalue weighted by molar-refractivity contribution is -0.156. The van der Waals surface area contributed by atoms with Gasteiger partial charge in [-0.25, -0.2) is 9.97 Å². The number of amidine groups is 1. The zero-order valence-corrected chi connectivity index (χ0v) is 17.1. The highest BCUT2D eigenvalue weighted by Crippen LogP contribution is 2.26. The maximum absolute atomic E-state index is 12.3. The molecule has 158 valence electrons. The summed E-state index contributed by atoms with van der Waals surface area (Å²) in [6, 6.07) is 2.57. The Kier molecular flexibility index (Phi) is 5.93. The number of aliphatic hydroxyl groups is 1. The maximum atomic E-state index is 12.3. The molecule has 10 heteroatoms. The van der Waals surface area contributed by atoms with E-state index in [0.29, 0.717) is 11.9 Å². The SMILES string of the molecule is CN1NC(=NC2CCC(N3CCN(c4ncccn4)CC3)CC2)C(=O)N(C)C1O. The minimum Gasteiger partial charge on any atom is -0.359 e. The molecule has 1 aromatic rings. The standard InChI is InChI=1S/C19H30N8O2/c1-24-17(28)16(23-25(2)19(24)29)22-14-4-6-15(7-5-14)26-10-12-27(13-11-26)18-20-8-3-9-21-18/h3,8-9,14-15,19,29H,4-7,10-13H2,1-2H3,(H,22,23). The average Bonchev–Trinajstić information content (AvgIpc) is 2.77. The highest BCUT2D eigenvalue weighted by Gasteiger charge is 2.34. The lowest BCUT2D eigenvalue weighted by Crippen LogP contribution is -2.64. The van der Waals surface area contributed by atoms with Gasteiger partial charge in [0.25, 0.3) is 5.91 Å². The number of aliphatic hydroxyl groups excluding tert-OH is 1. The monoisotopic (exact) mass is 402 g/mol. The van der Waals surface area contributed by atoms with Crippen molar-refractivity contribution in [3.05, 3.63) is 18.5 Å². The van der Waals surface area contributed by atoms with Gasteiger partial charge in [-0.05, 0) is 31.7 Å². The van der Waals surface area contributed by atoms with E-state index in [1.54, 1.807) is 26.5 Å². The van der Waals surface area contributed by atoms with E-state index in [9.17, 15) is 9.90 Å². The van der Waals surface area contributed by atoms with Crippen LogP contribution in [-0.4, -0.2) is 100 Å². The normalized spacial score (nSPS) is 31.2. The third-order valence-electron chi connectivity index (χ3n) is 6.14. The minimum absolute atomic E-state index is 0.147. The van der Waals surface area contributed by atoms with Crippen molar-refractivity contribution in [3.63, 3.8) is 0 Å². The third-order valence-corrected chi connectivity index (χ3v) is 6.14. The van der Waals surface area contributed by atoms with E-state index < -0.39 is 6.35 Å². The Labute approximate surface area is 171 Å². The highest BCUT2D eigenvalue weighted by molar-refractivity contribution is 6.38. The molecular weight excluding hydrogens is 372 g/mol. The summed E-state index contributed by atoms with van der Waals surface area (Å²) in [5.41, 5.74) is 2.90. The number of amides is 1. The first kappa shape index (κ1) is 20.0. The Morgan fingerprint density at radius 3 is 2.38 bits per heavy atom. The zero-order chi connectivity index (χ0) is 20.4. The highest BCUT2D eigenvalue weighted by atomic mass is 16.3. The summed E-state index contributed by atoms with van der Waals surface area (Å²) >= 11 is 0. The number of carbonyl (C=O) groups excluding carboxylic acids is 1. The molecule has 1 aromatic heterocycles. The second kappa shape index (κ2) is 8.60. The summed E-state index contributed by atoms with van der Waals surface area (Å²) in [4.78, 5) is 31.8. The van der Waals surface area contributed by atoms with Gasteiger partial charge in [0.2, 0.25) is 18.1 Å². The number of nitrogens with one attached hydrogen (secondary N) is 1. The van der Waals surface area contributed by atoms with Gasteiger partial charge in [-0.3, -0.25) is 25.0 Å². The van der Waals surface area contributed by atoms with Gasteiger partial charge in [0.15, 0.2) is 0 Å². The molecule has 0 bridgehead atoms. The fourth-order valence-electron chi connectivity index (χ4n) is 4.37. The second-order valence-electron chi connectivity index (χ2n) is 8.00. The van der Waals surface area contributed by atoms with Crippen LogP contribution in [0, 0.1) is 0 Å². The number of carbonyl (C=O) groups is 1. The van der Waals surface area contributed by atoms with Crippen LogP contribution in [0.2, 0.25) is 0 Å². The summed E-state index contributed by atoms with van der Waals surface area (Å²) in [7, 11) is 3.27. The fourth-order valence-corrected chi connectivity index (χ4v) is 4.37. The number of nitrogens with zero attached hydrogens (tertiary/aromatic N) is 7. The summed E-state index contributed by atoms with van der Waals surface area (Å²) in [5, 5.41) is 11.4. The van der Waals surface area contributed by atoms with E-state index in [1.165, 1.54) is 9.91 Å². The Balaban J connectivity index is 1.27. The number of hydrazine groups is 1. The molecule has 0 radical (unpaired) electrons. The quantitative estimate of drug-likeness (QED) is 0.698. The predicted molar refractivity (Wildman–Crippen MR) is 109 cm³/mol. The van der Waals surface area contributed by atoms with Crippen molar-refractivity contribution < 1.29 is 9.90 Å². The largest absolute Gasteiger partial charge is 0.359 e. The van der Waals surface area contributed by atoms with Crippen LogP contribution in [-0.2, 0) is 4.79 Å². The summed E-state index contributed by atoms with van der Waals surface area (Å²) in [5.74, 6) is 0.869. The van der Waals surface area contributed by atoms with Crippen molar-refractivity contribution in [2.24, 2.45) is 4.99 Å². The van der Waals surface area contributed by atoms with E-state index in [4.69, 9.17) is 0 Å². The van der Waals surface area contributed by atoms with Crippen LogP contribution < -0.4 is 10.3 Å². The second-order valence-corrected chi connectivity index (χ2v) is 8.00. The Bertz CT molecular complexity index is 729. The van der Waals surface area contributed by atoms with Crippen LogP contribution >= 0.6 is 0 Å². The molecule has 10 nitrogen and oxygen atoms in total. The first-order valence-electron chi connectivity index (χ1n) is 10.3. The topological polar surface area (TPSA) is 100 Å². The first-order valence-corrected chi connectivity index (χ1v) is 10.3. The van der Waals surface area contributed by atoms with Gasteiger partial charge in [-0.15, -0.1) is 0 Å². The van der Waals surface area contributed by atoms with Gasteiger partial charge in [0.05, 0.1) is 6.04 Å². The summed E-state index contributed by atoms with van der Waals surface area (Å²) in [6.45, 7) is 3.95. The van der Waals surface area contributed by atoms with Crippen LogP contribution in [0.4, 0.5) is 5.95 Å². The Hall–Kier alpha value is -2.30. The van der Waals surface area contributed by atoms with Crippen molar-refractivity contribution in [3.8, 4) is 0 Å². The van der Waals surface area contributed by atoms with Crippen LogP contribution in [0.15, 0.2) is 23.5 Å². The Morgan fingerprint density at radius 1 is 1.07 bits per heavy atom. The van der Waals surface area contributed by atoms with Crippen molar-refractivity contribution in [1.82, 2.24) is 30.2 Å². The van der Waals surface area contributed by atoms with Crippen molar-refractivity contribution >= 4 is 17.7 Å². The van der Waals surface area contributed by atoms with Crippen molar-refractivity contribution in [1.29, 1.82) is 0 Å². The summed E-state index contributed by atoms with van der Waals surface area (Å²) < 4.78 is 0. The van der Waals surface area contributed by atoms with Crippen molar-refractivity contribution in [2.45, 2.75) is 44.1 Å². The van der Waals surface area contributed by atoms with Crippen molar-refractivity contribution in [2.75, 3.05) is 45.2 Å². The van der Waals surface area contributed by atoms with Gasteiger partial charge in [0, 0.05) is 58.7 Å². The number of aromatic nitrogens is 2. The number of likely N-dealkylation sites (N-methyl/N-ethyl adjacent to an activating group) is 1. The molecule has 3 fully saturated rings. The smallest absolute Gasteiger partial charge is 0.293 e. The molecule has 3 heterocycles. The molecule has 1 amide bonds. The van der Waals surface area contributed by atoms with Crippen LogP contribution in [0.5, 0.6) is 0 Å². The minimum atomic E-state index is -0.975. The first-order chi connectivity index (χ1) is 14.0. The van der Waals surface area contributed by atoms with E-state index in [-0.39, 0.29) is 11.9 Å². The predicted octanol–water partition coefficient (Wildman–Crippen LogP) is -0.507. The lowest BCUT2D eigenvalue weighted by Gasteiger charge is -2.42. The lowest BCUT2D eigenvalue weighted by atomic mass is 9.90. The molecule has 0 spiro atoms. The number of rotatable bonds is 3.